The lowest BCUT2D eigenvalue weighted by Gasteiger charge is -2.23. The summed E-state index contributed by atoms with van der Waals surface area (Å²) >= 11 is 0. The van der Waals surface area contributed by atoms with E-state index in [1.807, 2.05) is 24.3 Å². The zero-order valence-electron chi connectivity index (χ0n) is 30.3. The van der Waals surface area contributed by atoms with Gasteiger partial charge in [0.25, 0.3) is 0 Å². The van der Waals surface area contributed by atoms with E-state index in [1.165, 1.54) is 27.4 Å². The molecule has 56 heavy (non-hydrogen) atoms. The molecule has 11 rings (SSSR count). The van der Waals surface area contributed by atoms with Crippen LogP contribution in [0.15, 0.2) is 209 Å². The van der Waals surface area contributed by atoms with Crippen LogP contribution in [0.4, 0.5) is 0 Å². The molecule has 0 saturated carbocycles. The number of para-hydroxylation sites is 2. The number of amidine groups is 2. The van der Waals surface area contributed by atoms with Crippen molar-refractivity contribution in [2.24, 2.45) is 9.98 Å². The molecule has 1 atom stereocenters. The molecule has 0 spiro atoms. The Morgan fingerprint density at radius 1 is 0.429 bits per heavy atom. The molecule has 0 bridgehead atoms. The van der Waals surface area contributed by atoms with E-state index in [9.17, 15) is 0 Å². The minimum atomic E-state index is -0.293. The highest BCUT2D eigenvalue weighted by molar-refractivity contribution is 6.16. The first-order valence-corrected chi connectivity index (χ1v) is 18.9. The van der Waals surface area contributed by atoms with Gasteiger partial charge < -0.3 is 14.3 Å². The first-order valence-electron chi connectivity index (χ1n) is 18.9. The summed E-state index contributed by atoms with van der Waals surface area (Å²) in [4.78, 5) is 10.2. The van der Waals surface area contributed by atoms with E-state index in [4.69, 9.17) is 14.4 Å². The number of rotatable bonds is 6. The van der Waals surface area contributed by atoms with Crippen LogP contribution in [0.3, 0.4) is 0 Å². The maximum absolute atomic E-state index is 6.41. The van der Waals surface area contributed by atoms with Crippen molar-refractivity contribution in [2.75, 3.05) is 0 Å². The molecule has 264 valence electrons. The summed E-state index contributed by atoms with van der Waals surface area (Å²) in [6, 6.07) is 68.1. The molecule has 10 aromatic rings. The molecule has 0 saturated heterocycles. The Labute approximate surface area is 323 Å². The zero-order chi connectivity index (χ0) is 37.0. The van der Waals surface area contributed by atoms with Gasteiger partial charge >= 0.3 is 0 Å². The standard InChI is InChI=1S/C51H34N4O/c1-4-12-33(13-5-1)34-20-22-36(23-21-34)50-52-49(35-14-6-2-7-15-35)53-51(54-50)39-26-29-48-44(32-39)43-31-38(25-28-47(43)56-48)37-24-27-46-42(30-37)41-18-10-11-19-45(41)55(46)40-16-8-3-9-17-40/h1-32,49H,(H,52,53,54). The second kappa shape index (κ2) is 13.1. The molecule has 5 nitrogen and oxygen atoms in total. The van der Waals surface area contributed by atoms with E-state index in [-0.39, 0.29) is 6.17 Å². The normalized spacial score (nSPS) is 14.2. The van der Waals surface area contributed by atoms with Gasteiger partial charge in [0.15, 0.2) is 5.84 Å². The van der Waals surface area contributed by atoms with Crippen LogP contribution in [-0.2, 0) is 0 Å². The summed E-state index contributed by atoms with van der Waals surface area (Å²) in [5, 5.41) is 8.20. The van der Waals surface area contributed by atoms with Crippen molar-refractivity contribution >= 4 is 55.4 Å². The van der Waals surface area contributed by atoms with Crippen molar-refractivity contribution < 1.29 is 4.42 Å². The molecule has 5 heteroatoms. The maximum Gasteiger partial charge on any atom is 0.159 e. The molecule has 1 N–H and O–H groups in total. The number of nitrogens with zero attached hydrogens (tertiary/aromatic N) is 3. The van der Waals surface area contributed by atoms with Gasteiger partial charge in [0.1, 0.15) is 23.2 Å². The number of furan rings is 1. The molecule has 0 fully saturated rings. The average Bonchev–Trinajstić information content (AvgIpc) is 3.82. The summed E-state index contributed by atoms with van der Waals surface area (Å²) in [6.07, 6.45) is -0.293. The third-order valence-corrected chi connectivity index (χ3v) is 10.9. The molecule has 1 unspecified atom stereocenters. The molecule has 0 amide bonds. The minimum Gasteiger partial charge on any atom is -0.456 e. The van der Waals surface area contributed by atoms with Gasteiger partial charge in [-0.3, -0.25) is 0 Å². The van der Waals surface area contributed by atoms with Crippen LogP contribution in [0.1, 0.15) is 22.9 Å². The SMILES string of the molecule is c1ccc(-c2ccc(C3=NC(c4ccccc4)NC(c4ccc5oc6ccc(-c7ccc8c(c7)c7ccccc7n8-c7ccccc7)cc6c5c4)=N3)cc2)cc1. The highest BCUT2D eigenvalue weighted by Gasteiger charge is 2.22. The lowest BCUT2D eigenvalue weighted by Crippen LogP contribution is -2.33. The summed E-state index contributed by atoms with van der Waals surface area (Å²) in [5.41, 5.74) is 12.9. The van der Waals surface area contributed by atoms with Gasteiger partial charge in [-0.2, -0.15) is 0 Å². The van der Waals surface area contributed by atoms with Crippen molar-refractivity contribution in [2.45, 2.75) is 6.17 Å². The summed E-state index contributed by atoms with van der Waals surface area (Å²) in [6.45, 7) is 0. The van der Waals surface area contributed by atoms with Crippen molar-refractivity contribution in [1.82, 2.24) is 9.88 Å². The predicted molar refractivity (Wildman–Crippen MR) is 231 cm³/mol. The zero-order valence-corrected chi connectivity index (χ0v) is 30.3. The third kappa shape index (κ3) is 5.48. The van der Waals surface area contributed by atoms with Crippen LogP contribution >= 0.6 is 0 Å². The Bertz CT molecular complexity index is 3140. The van der Waals surface area contributed by atoms with Gasteiger partial charge in [-0.25, -0.2) is 9.98 Å². The van der Waals surface area contributed by atoms with Crippen LogP contribution in [0, 0.1) is 0 Å². The largest absolute Gasteiger partial charge is 0.456 e. The minimum absolute atomic E-state index is 0.293. The van der Waals surface area contributed by atoms with Gasteiger partial charge in [-0.1, -0.05) is 133 Å². The fraction of sp³-hybridized carbons (Fsp3) is 0.0196. The van der Waals surface area contributed by atoms with Crippen molar-refractivity contribution in [1.29, 1.82) is 0 Å². The van der Waals surface area contributed by atoms with Gasteiger partial charge in [-0.05, 0) is 88.5 Å². The molecular formula is C51H34N4O. The number of benzene rings is 8. The molecule has 0 aliphatic carbocycles. The molecule has 3 heterocycles. The van der Waals surface area contributed by atoms with Crippen LogP contribution in [0.5, 0.6) is 0 Å². The monoisotopic (exact) mass is 718 g/mol. The smallest absolute Gasteiger partial charge is 0.159 e. The second-order valence-corrected chi connectivity index (χ2v) is 14.3. The summed E-state index contributed by atoms with van der Waals surface area (Å²) in [5.74, 6) is 1.46. The highest BCUT2D eigenvalue weighted by atomic mass is 16.3. The second-order valence-electron chi connectivity index (χ2n) is 14.3. The first kappa shape index (κ1) is 32.0. The lowest BCUT2D eigenvalue weighted by molar-refractivity contribution is 0.668. The van der Waals surface area contributed by atoms with Gasteiger partial charge in [-0.15, -0.1) is 0 Å². The number of nitrogens with one attached hydrogen (secondary N) is 1. The Kier molecular flexibility index (Phi) is 7.49. The Morgan fingerprint density at radius 2 is 0.964 bits per heavy atom. The third-order valence-electron chi connectivity index (χ3n) is 10.9. The van der Waals surface area contributed by atoms with E-state index >= 15 is 0 Å². The summed E-state index contributed by atoms with van der Waals surface area (Å²) in [7, 11) is 0. The Balaban J connectivity index is 0.994. The Hall–Kier alpha value is -7.50. The van der Waals surface area contributed by atoms with E-state index < -0.39 is 0 Å². The number of fused-ring (bicyclic) bond motifs is 6. The fourth-order valence-corrected chi connectivity index (χ4v) is 8.09. The van der Waals surface area contributed by atoms with Crippen LogP contribution < -0.4 is 5.32 Å². The topological polar surface area (TPSA) is 54.8 Å². The quantitative estimate of drug-likeness (QED) is 0.186. The maximum atomic E-state index is 6.41. The summed E-state index contributed by atoms with van der Waals surface area (Å²) < 4.78 is 8.76. The van der Waals surface area contributed by atoms with E-state index in [0.717, 1.165) is 66.8 Å². The number of aliphatic imine (C=N–C) groups is 2. The number of hydrogen-bond donors (Lipinski definition) is 1. The van der Waals surface area contributed by atoms with Gasteiger partial charge in [0.2, 0.25) is 0 Å². The molecule has 1 aliphatic heterocycles. The molecule has 2 aromatic heterocycles. The van der Waals surface area contributed by atoms with Crippen LogP contribution in [0.25, 0.3) is 71.7 Å². The predicted octanol–water partition coefficient (Wildman–Crippen LogP) is 12.5. The van der Waals surface area contributed by atoms with Crippen molar-refractivity contribution in [3.63, 3.8) is 0 Å². The van der Waals surface area contributed by atoms with Crippen LogP contribution in [-0.4, -0.2) is 16.2 Å². The van der Waals surface area contributed by atoms with Crippen molar-refractivity contribution in [3.8, 4) is 27.9 Å². The van der Waals surface area contributed by atoms with Gasteiger partial charge in [0.05, 0.1) is 11.0 Å². The Morgan fingerprint density at radius 3 is 1.71 bits per heavy atom. The van der Waals surface area contributed by atoms with E-state index in [2.05, 4.69) is 180 Å². The fourth-order valence-electron chi connectivity index (χ4n) is 8.09. The number of aromatic nitrogens is 1. The lowest BCUT2D eigenvalue weighted by atomic mass is 10.00. The van der Waals surface area contributed by atoms with E-state index in [0.29, 0.717) is 5.84 Å². The molecular weight excluding hydrogens is 685 g/mol. The van der Waals surface area contributed by atoms with Crippen molar-refractivity contribution in [3.05, 3.63) is 211 Å². The average molecular weight is 719 g/mol. The van der Waals surface area contributed by atoms with Crippen LogP contribution in [0.2, 0.25) is 0 Å². The molecule has 1 aliphatic rings. The molecule has 8 aromatic carbocycles. The first-order chi connectivity index (χ1) is 27.7. The molecule has 0 radical (unpaired) electrons. The highest BCUT2D eigenvalue weighted by Crippen LogP contribution is 2.38. The van der Waals surface area contributed by atoms with Gasteiger partial charge in [0, 0.05) is 38.4 Å². The van der Waals surface area contributed by atoms with E-state index in [1.54, 1.807) is 0 Å². The number of hydrogen-bond acceptors (Lipinski definition) is 4.